The van der Waals surface area contributed by atoms with Crippen molar-refractivity contribution in [1.29, 1.82) is 0 Å². The average Bonchev–Trinajstić information content (AvgIpc) is 2.91. The number of carbonyl (C=O) groups is 1. The summed E-state index contributed by atoms with van der Waals surface area (Å²) < 4.78 is 34.1. The Hall–Kier alpha value is -3.08. The third kappa shape index (κ3) is 7.97. The molecule has 8 heteroatoms. The van der Waals surface area contributed by atoms with Crippen LogP contribution in [0.1, 0.15) is 29.5 Å². The van der Waals surface area contributed by atoms with Gasteiger partial charge in [0.1, 0.15) is 17.4 Å². The molecule has 4 rings (SSSR count). The molecule has 204 valence electrons. The van der Waals surface area contributed by atoms with E-state index in [1.807, 2.05) is 60.7 Å². The number of rotatable bonds is 11. The maximum atomic E-state index is 13.9. The maximum Gasteiger partial charge on any atom is 0.227 e. The minimum atomic E-state index is -1.00. The Morgan fingerprint density at radius 3 is 2.38 bits per heavy atom. The molecule has 3 N–H and O–H groups in total. The van der Waals surface area contributed by atoms with Crippen LogP contribution in [-0.2, 0) is 17.8 Å². The number of nitrogens with one attached hydrogen (secondary N) is 2. The summed E-state index contributed by atoms with van der Waals surface area (Å²) in [5.41, 5.74) is 2.22. The average molecular weight is 645 g/mol. The third-order valence-corrected chi connectivity index (χ3v) is 7.38. The molecule has 0 aliphatic rings. The van der Waals surface area contributed by atoms with Crippen LogP contribution in [0.4, 0.5) is 8.78 Å². The van der Waals surface area contributed by atoms with Gasteiger partial charge in [-0.15, -0.1) is 0 Å². The Morgan fingerprint density at radius 1 is 0.949 bits per heavy atom. The second-order valence-electron chi connectivity index (χ2n) is 9.62. The molecule has 0 radical (unpaired) electrons. The predicted molar refractivity (Wildman–Crippen MR) is 158 cm³/mol. The van der Waals surface area contributed by atoms with Crippen molar-refractivity contribution in [2.45, 2.75) is 38.0 Å². The number of halogens is 3. The van der Waals surface area contributed by atoms with E-state index in [2.05, 4.69) is 33.2 Å². The molecule has 0 bridgehead atoms. The van der Waals surface area contributed by atoms with Gasteiger partial charge in [-0.3, -0.25) is 4.79 Å². The van der Waals surface area contributed by atoms with E-state index >= 15 is 0 Å². The Bertz CT molecular complexity index is 1430. The van der Waals surface area contributed by atoms with Crippen LogP contribution in [0.2, 0.25) is 0 Å². The standard InChI is InChI=1S/C31H31F2IN2O3/c1-19(22-6-7-24-15-28(39-2)9-8-23(24)14-22)31(38)36-29(13-21-10-25(32)16-26(33)11-21)30(37)18-35-17-20-4-3-5-27(34)12-20/h3-12,14-16,19,29-30,35,37H,13,17-18H2,1-2H3,(H,36,38)/t19?,29-,30-/m1/s1. The second kappa shape index (κ2) is 13.3. The highest BCUT2D eigenvalue weighted by Crippen LogP contribution is 2.25. The lowest BCUT2D eigenvalue weighted by atomic mass is 9.95. The molecule has 1 amide bonds. The number of fused-ring (bicyclic) bond motifs is 1. The van der Waals surface area contributed by atoms with Crippen molar-refractivity contribution in [3.05, 3.63) is 111 Å². The first-order chi connectivity index (χ1) is 18.7. The molecular weight excluding hydrogens is 613 g/mol. The molecule has 0 heterocycles. The van der Waals surface area contributed by atoms with E-state index < -0.39 is 29.7 Å². The Morgan fingerprint density at radius 2 is 1.67 bits per heavy atom. The van der Waals surface area contributed by atoms with Gasteiger partial charge in [0.15, 0.2) is 0 Å². The molecular formula is C31H31F2IN2O3. The van der Waals surface area contributed by atoms with Crippen molar-refractivity contribution in [2.24, 2.45) is 0 Å². The largest absolute Gasteiger partial charge is 0.497 e. The molecule has 39 heavy (non-hydrogen) atoms. The summed E-state index contributed by atoms with van der Waals surface area (Å²) in [7, 11) is 1.61. The van der Waals surface area contributed by atoms with Crippen molar-refractivity contribution in [3.63, 3.8) is 0 Å². The van der Waals surface area contributed by atoms with Crippen molar-refractivity contribution in [3.8, 4) is 5.75 Å². The summed E-state index contributed by atoms with van der Waals surface area (Å²) in [6, 6.07) is 22.0. The van der Waals surface area contributed by atoms with E-state index in [1.54, 1.807) is 14.0 Å². The van der Waals surface area contributed by atoms with Gasteiger partial charge in [0, 0.05) is 22.7 Å². The second-order valence-corrected chi connectivity index (χ2v) is 10.9. The minimum Gasteiger partial charge on any atom is -0.497 e. The zero-order valence-electron chi connectivity index (χ0n) is 21.8. The van der Waals surface area contributed by atoms with Gasteiger partial charge in [-0.1, -0.05) is 36.4 Å². The summed E-state index contributed by atoms with van der Waals surface area (Å²) in [6.45, 7) is 2.50. The number of hydrogen-bond donors (Lipinski definition) is 3. The highest BCUT2D eigenvalue weighted by molar-refractivity contribution is 14.1. The van der Waals surface area contributed by atoms with Crippen molar-refractivity contribution >= 4 is 39.3 Å². The van der Waals surface area contributed by atoms with Crippen LogP contribution in [0.25, 0.3) is 10.8 Å². The van der Waals surface area contributed by atoms with Crippen LogP contribution in [0.15, 0.2) is 78.9 Å². The van der Waals surface area contributed by atoms with Gasteiger partial charge in [0.05, 0.1) is 25.2 Å². The molecule has 5 nitrogen and oxygen atoms in total. The first kappa shape index (κ1) is 28.9. The summed E-state index contributed by atoms with van der Waals surface area (Å²) in [5, 5.41) is 19.2. The molecule has 0 fully saturated rings. The van der Waals surface area contributed by atoms with Crippen LogP contribution in [-0.4, -0.2) is 36.8 Å². The molecule has 3 atom stereocenters. The van der Waals surface area contributed by atoms with Gasteiger partial charge < -0.3 is 20.5 Å². The molecule has 0 aliphatic heterocycles. The number of methoxy groups -OCH3 is 1. The van der Waals surface area contributed by atoms with Crippen molar-refractivity contribution in [1.82, 2.24) is 10.6 Å². The maximum absolute atomic E-state index is 13.9. The molecule has 0 aromatic heterocycles. The number of carbonyl (C=O) groups excluding carboxylic acids is 1. The lowest BCUT2D eigenvalue weighted by Crippen LogP contribution is -2.49. The van der Waals surface area contributed by atoms with Gasteiger partial charge in [0.25, 0.3) is 0 Å². The van der Waals surface area contributed by atoms with Gasteiger partial charge in [-0.25, -0.2) is 8.78 Å². The fourth-order valence-electron chi connectivity index (χ4n) is 4.52. The van der Waals surface area contributed by atoms with E-state index in [0.717, 1.165) is 37.3 Å². The fraction of sp³-hybridized carbons (Fsp3) is 0.258. The zero-order valence-corrected chi connectivity index (χ0v) is 23.9. The lowest BCUT2D eigenvalue weighted by Gasteiger charge is -2.26. The lowest BCUT2D eigenvalue weighted by molar-refractivity contribution is -0.123. The SMILES string of the molecule is COc1ccc2cc(C(C)C(=O)N[C@H](Cc3cc(F)cc(F)c3)[C@H](O)CNCc3cccc(I)c3)ccc2c1. The molecule has 0 spiro atoms. The topological polar surface area (TPSA) is 70.6 Å². The first-order valence-electron chi connectivity index (χ1n) is 12.7. The van der Waals surface area contributed by atoms with E-state index in [4.69, 9.17) is 4.74 Å². The van der Waals surface area contributed by atoms with Crippen LogP contribution in [0.3, 0.4) is 0 Å². The van der Waals surface area contributed by atoms with Crippen molar-refractivity contribution < 1.29 is 23.4 Å². The van der Waals surface area contributed by atoms with E-state index in [0.29, 0.717) is 12.1 Å². The van der Waals surface area contributed by atoms with Gasteiger partial charge in [0.2, 0.25) is 5.91 Å². The molecule has 4 aromatic rings. The highest BCUT2D eigenvalue weighted by atomic mass is 127. The number of aliphatic hydroxyl groups excluding tert-OH is 1. The number of amides is 1. The number of benzene rings is 4. The first-order valence-corrected chi connectivity index (χ1v) is 13.8. The monoisotopic (exact) mass is 644 g/mol. The van der Waals surface area contributed by atoms with E-state index in [1.165, 1.54) is 12.1 Å². The van der Waals surface area contributed by atoms with Crippen LogP contribution in [0.5, 0.6) is 5.75 Å². The number of aliphatic hydroxyl groups is 1. The van der Waals surface area contributed by atoms with Gasteiger partial charge >= 0.3 is 0 Å². The highest BCUT2D eigenvalue weighted by Gasteiger charge is 2.25. The molecule has 1 unspecified atom stereocenters. The number of hydrogen-bond acceptors (Lipinski definition) is 4. The zero-order chi connectivity index (χ0) is 27.9. The molecule has 0 saturated carbocycles. The Kier molecular flexibility index (Phi) is 9.88. The quantitative estimate of drug-likeness (QED) is 0.183. The van der Waals surface area contributed by atoms with Crippen LogP contribution < -0.4 is 15.4 Å². The van der Waals surface area contributed by atoms with E-state index in [-0.39, 0.29) is 18.9 Å². The van der Waals surface area contributed by atoms with E-state index in [9.17, 15) is 18.7 Å². The Balaban J connectivity index is 1.48. The van der Waals surface area contributed by atoms with Crippen LogP contribution in [0, 0.1) is 15.2 Å². The number of ether oxygens (including phenoxy) is 1. The summed E-state index contributed by atoms with van der Waals surface area (Å²) in [4.78, 5) is 13.3. The van der Waals surface area contributed by atoms with Gasteiger partial charge in [-0.05, 0) is 99.8 Å². The molecule has 0 saturated heterocycles. The smallest absolute Gasteiger partial charge is 0.227 e. The normalized spacial score (nSPS) is 13.6. The molecule has 0 aliphatic carbocycles. The predicted octanol–water partition coefficient (Wildman–Crippen LogP) is 5.71. The summed E-state index contributed by atoms with van der Waals surface area (Å²) in [5.74, 6) is -1.47. The summed E-state index contributed by atoms with van der Waals surface area (Å²) >= 11 is 2.24. The van der Waals surface area contributed by atoms with Crippen LogP contribution >= 0.6 is 22.6 Å². The van der Waals surface area contributed by atoms with Gasteiger partial charge in [-0.2, -0.15) is 0 Å². The summed E-state index contributed by atoms with van der Waals surface area (Å²) in [6.07, 6.45) is -0.934. The fourth-order valence-corrected chi connectivity index (χ4v) is 5.12. The van der Waals surface area contributed by atoms with Crippen molar-refractivity contribution in [2.75, 3.05) is 13.7 Å². The third-order valence-electron chi connectivity index (χ3n) is 6.71. The Labute approximate surface area is 240 Å². The minimum absolute atomic E-state index is 0.0662. The molecule has 4 aromatic carbocycles.